The maximum Gasteiger partial charge on any atom is 0.157 e. The molecule has 0 amide bonds. The van der Waals surface area contributed by atoms with E-state index in [9.17, 15) is 4.79 Å². The molecule has 0 atom stereocenters. The summed E-state index contributed by atoms with van der Waals surface area (Å²) >= 11 is 0. The predicted molar refractivity (Wildman–Crippen MR) is 82.8 cm³/mol. The highest BCUT2D eigenvalue weighted by atomic mass is 16.1. The van der Waals surface area contributed by atoms with Crippen molar-refractivity contribution >= 4 is 5.78 Å². The number of aromatic nitrogens is 2. The molecule has 4 nitrogen and oxygen atoms in total. The molecule has 0 saturated carbocycles. The molecule has 1 heterocycles. The van der Waals surface area contributed by atoms with Gasteiger partial charge in [0.1, 0.15) is 0 Å². The summed E-state index contributed by atoms with van der Waals surface area (Å²) in [6.07, 6.45) is 6.02. The zero-order chi connectivity index (χ0) is 15.2. The predicted octanol–water partition coefficient (Wildman–Crippen LogP) is 2.92. The monoisotopic (exact) mass is 279 g/mol. The van der Waals surface area contributed by atoms with Gasteiger partial charge in [0.2, 0.25) is 0 Å². The minimum absolute atomic E-state index is 0.321. The van der Waals surface area contributed by atoms with E-state index in [4.69, 9.17) is 0 Å². The molecule has 0 aliphatic carbocycles. The van der Waals surface area contributed by atoms with Crippen LogP contribution in [0.3, 0.4) is 0 Å². The van der Waals surface area contributed by atoms with Gasteiger partial charge in [-0.15, -0.1) is 0 Å². The molecule has 0 radical (unpaired) electrons. The van der Waals surface area contributed by atoms with Crippen LogP contribution in [0.25, 0.3) is 0 Å². The third-order valence-electron chi connectivity index (χ3n) is 4.43. The van der Waals surface area contributed by atoms with E-state index >= 15 is 0 Å². The van der Waals surface area contributed by atoms with Crippen molar-refractivity contribution in [1.29, 1.82) is 0 Å². The molecule has 1 aromatic rings. The molecule has 1 aromatic heterocycles. The van der Waals surface area contributed by atoms with E-state index in [1.54, 1.807) is 0 Å². The van der Waals surface area contributed by atoms with Crippen molar-refractivity contribution in [2.75, 3.05) is 13.1 Å². The number of carbonyl (C=O) groups excluding carboxylic acids is 1. The van der Waals surface area contributed by atoms with Crippen LogP contribution >= 0.6 is 0 Å². The molecular formula is C16H29N3O. The van der Waals surface area contributed by atoms with Gasteiger partial charge >= 0.3 is 0 Å². The fourth-order valence-corrected chi connectivity index (χ4v) is 3.12. The van der Waals surface area contributed by atoms with Gasteiger partial charge in [-0.2, -0.15) is 5.10 Å². The Bertz CT molecular complexity index is 417. The van der Waals surface area contributed by atoms with Crippen molar-refractivity contribution in [3.05, 3.63) is 18.0 Å². The van der Waals surface area contributed by atoms with Gasteiger partial charge in [0.05, 0.1) is 11.7 Å². The number of Topliss-reactive ketones (excluding diaryl/α,β-unsaturated/α-hetero) is 1. The minimum Gasteiger partial charge on any atom is -0.297 e. The van der Waals surface area contributed by atoms with Crippen molar-refractivity contribution < 1.29 is 4.79 Å². The summed E-state index contributed by atoms with van der Waals surface area (Å²) in [6.45, 7) is 13.2. The quantitative estimate of drug-likeness (QED) is 0.697. The second-order valence-corrected chi connectivity index (χ2v) is 5.22. The van der Waals surface area contributed by atoms with E-state index in [1.165, 1.54) is 0 Å². The van der Waals surface area contributed by atoms with Crippen LogP contribution in [-0.4, -0.2) is 39.1 Å². The number of carbonyl (C=O) groups is 1. The van der Waals surface area contributed by atoms with E-state index in [2.05, 4.69) is 44.6 Å². The van der Waals surface area contributed by atoms with Crippen molar-refractivity contribution in [2.24, 2.45) is 0 Å². The highest BCUT2D eigenvalue weighted by Crippen LogP contribution is 2.26. The summed E-state index contributed by atoms with van der Waals surface area (Å²) in [4.78, 5) is 15.2. The first-order valence-electron chi connectivity index (χ1n) is 7.87. The number of aryl methyl sites for hydroxylation is 1. The summed E-state index contributed by atoms with van der Waals surface area (Å²) in [5, 5.41) is 4.26. The molecule has 0 fully saturated rings. The Morgan fingerprint density at radius 2 is 1.80 bits per heavy atom. The lowest BCUT2D eigenvalue weighted by Crippen LogP contribution is -2.54. The van der Waals surface area contributed by atoms with Gasteiger partial charge in [-0.1, -0.05) is 27.7 Å². The minimum atomic E-state index is -0.322. The molecular weight excluding hydrogens is 250 g/mol. The maximum absolute atomic E-state index is 12.9. The normalized spacial score (nSPS) is 12.1. The molecule has 4 heteroatoms. The molecule has 0 bridgehead atoms. The van der Waals surface area contributed by atoms with Crippen LogP contribution in [-0.2, 0) is 17.8 Å². The lowest BCUT2D eigenvalue weighted by molar-refractivity contribution is -0.131. The van der Waals surface area contributed by atoms with Gasteiger partial charge in [0.25, 0.3) is 0 Å². The van der Waals surface area contributed by atoms with Gasteiger partial charge in [-0.05, 0) is 38.4 Å². The average molecular weight is 279 g/mol. The molecule has 0 saturated heterocycles. The zero-order valence-electron chi connectivity index (χ0n) is 13.6. The topological polar surface area (TPSA) is 38.1 Å². The van der Waals surface area contributed by atoms with Gasteiger partial charge in [0, 0.05) is 19.2 Å². The van der Waals surface area contributed by atoms with E-state index in [1.807, 2.05) is 17.1 Å². The number of rotatable bonds is 9. The van der Waals surface area contributed by atoms with Gasteiger partial charge in [-0.3, -0.25) is 14.4 Å². The van der Waals surface area contributed by atoms with Gasteiger partial charge in [0.15, 0.2) is 5.78 Å². The summed E-state index contributed by atoms with van der Waals surface area (Å²) in [5.74, 6) is 0.321. The Balaban J connectivity index is 2.93. The third kappa shape index (κ3) is 3.29. The van der Waals surface area contributed by atoms with E-state index in [0.717, 1.165) is 38.0 Å². The Hall–Kier alpha value is -1.16. The van der Waals surface area contributed by atoms with E-state index < -0.39 is 0 Å². The lowest BCUT2D eigenvalue weighted by Gasteiger charge is -2.41. The summed E-state index contributed by atoms with van der Waals surface area (Å²) in [7, 11) is 0. The van der Waals surface area contributed by atoms with Crippen molar-refractivity contribution in [3.8, 4) is 0 Å². The largest absolute Gasteiger partial charge is 0.297 e. The second kappa shape index (κ2) is 7.58. The smallest absolute Gasteiger partial charge is 0.157 e. The maximum atomic E-state index is 12.9. The number of hydrogen-bond acceptors (Lipinski definition) is 3. The highest BCUT2D eigenvalue weighted by Gasteiger charge is 2.38. The molecule has 0 aliphatic rings. The van der Waals surface area contributed by atoms with E-state index in [-0.39, 0.29) is 5.54 Å². The Morgan fingerprint density at radius 3 is 2.20 bits per heavy atom. The Labute approximate surface area is 123 Å². The summed E-state index contributed by atoms with van der Waals surface area (Å²) in [6, 6.07) is 0. The number of nitrogens with zero attached hydrogens (tertiary/aromatic N) is 3. The fourth-order valence-electron chi connectivity index (χ4n) is 3.12. The van der Waals surface area contributed by atoms with Crippen LogP contribution in [0.2, 0.25) is 0 Å². The zero-order valence-corrected chi connectivity index (χ0v) is 13.6. The fraction of sp³-hybridized carbons (Fsp3) is 0.750. The van der Waals surface area contributed by atoms with Crippen molar-refractivity contribution in [2.45, 2.75) is 66.0 Å². The molecule has 0 aromatic carbocycles. The van der Waals surface area contributed by atoms with Crippen LogP contribution in [0.1, 0.15) is 53.0 Å². The summed E-state index contributed by atoms with van der Waals surface area (Å²) < 4.78 is 1.87. The molecule has 0 unspecified atom stereocenters. The molecule has 0 spiro atoms. The highest BCUT2D eigenvalue weighted by molar-refractivity contribution is 5.90. The molecule has 1 rings (SSSR count). The van der Waals surface area contributed by atoms with Gasteiger partial charge < -0.3 is 0 Å². The third-order valence-corrected chi connectivity index (χ3v) is 4.43. The van der Waals surface area contributed by atoms with Crippen LogP contribution < -0.4 is 0 Å². The van der Waals surface area contributed by atoms with E-state index in [0.29, 0.717) is 12.2 Å². The Kier molecular flexibility index (Phi) is 6.40. The molecule has 0 aliphatic heterocycles. The molecule has 114 valence electrons. The number of likely N-dealkylation sites (N-methyl/N-ethyl adjacent to an activating group) is 1. The molecule has 0 N–H and O–H groups in total. The first-order chi connectivity index (χ1) is 9.57. The van der Waals surface area contributed by atoms with Crippen molar-refractivity contribution in [1.82, 2.24) is 14.7 Å². The van der Waals surface area contributed by atoms with Crippen LogP contribution in [0.15, 0.2) is 12.4 Å². The SMILES string of the molecule is CCN(CC)C(CC)(CC)C(=O)Cc1cnn(CC)c1. The number of hydrogen-bond donors (Lipinski definition) is 0. The Morgan fingerprint density at radius 1 is 1.20 bits per heavy atom. The average Bonchev–Trinajstić information content (AvgIpc) is 2.92. The molecule has 20 heavy (non-hydrogen) atoms. The van der Waals surface area contributed by atoms with Crippen LogP contribution in [0.5, 0.6) is 0 Å². The first kappa shape index (κ1) is 16.9. The summed E-state index contributed by atoms with van der Waals surface area (Å²) in [5.41, 5.74) is 0.702. The first-order valence-corrected chi connectivity index (χ1v) is 7.87. The standard InChI is InChI=1S/C16H29N3O/c1-6-16(7-2,18(8-3)9-4)15(20)11-14-12-17-19(10-5)13-14/h12-13H,6-11H2,1-5H3. The number of ketones is 1. The van der Waals surface area contributed by atoms with Crippen LogP contribution in [0, 0.1) is 0 Å². The second-order valence-electron chi connectivity index (χ2n) is 5.22. The van der Waals surface area contributed by atoms with Gasteiger partial charge in [-0.25, -0.2) is 0 Å². The van der Waals surface area contributed by atoms with Crippen LogP contribution in [0.4, 0.5) is 0 Å². The van der Waals surface area contributed by atoms with Crippen molar-refractivity contribution in [3.63, 3.8) is 0 Å². The lowest BCUT2D eigenvalue weighted by atomic mass is 9.83.